The maximum absolute atomic E-state index is 9.72. The standard InChI is InChI=1S/C16H32N2O/c1-3-18-9-7-15(8-10-18)13(2)17-12-14-5-4-6-16(19)11-14/h13-17,19H,3-12H2,1-2H3. The van der Waals surface area contributed by atoms with Crippen LogP contribution in [0, 0.1) is 11.8 Å². The minimum atomic E-state index is -0.0383. The Morgan fingerprint density at radius 2 is 1.95 bits per heavy atom. The molecule has 3 nitrogen and oxygen atoms in total. The second kappa shape index (κ2) is 7.61. The van der Waals surface area contributed by atoms with Crippen molar-refractivity contribution in [2.45, 2.75) is 64.5 Å². The van der Waals surface area contributed by atoms with Crippen LogP contribution in [0.4, 0.5) is 0 Å². The lowest BCUT2D eigenvalue weighted by atomic mass is 9.86. The predicted octanol–water partition coefficient (Wildman–Crippen LogP) is 2.25. The maximum atomic E-state index is 9.72. The fraction of sp³-hybridized carbons (Fsp3) is 1.00. The first kappa shape index (κ1) is 15.3. The lowest BCUT2D eigenvalue weighted by Gasteiger charge is -2.35. The molecule has 2 N–H and O–H groups in total. The lowest BCUT2D eigenvalue weighted by molar-refractivity contribution is 0.0972. The summed E-state index contributed by atoms with van der Waals surface area (Å²) >= 11 is 0. The Kier molecular flexibility index (Phi) is 6.11. The SMILES string of the molecule is CCN1CCC(C(C)NCC2CCCC(O)C2)CC1. The quantitative estimate of drug-likeness (QED) is 0.803. The first-order valence-corrected chi connectivity index (χ1v) is 8.32. The van der Waals surface area contributed by atoms with Gasteiger partial charge >= 0.3 is 0 Å². The zero-order valence-corrected chi connectivity index (χ0v) is 12.8. The number of aliphatic hydroxyl groups excluding tert-OH is 1. The highest BCUT2D eigenvalue weighted by molar-refractivity contribution is 4.81. The fourth-order valence-electron chi connectivity index (χ4n) is 3.74. The summed E-state index contributed by atoms with van der Waals surface area (Å²) in [6.07, 6.45) is 7.17. The van der Waals surface area contributed by atoms with E-state index in [-0.39, 0.29) is 6.10 Å². The van der Waals surface area contributed by atoms with Crippen molar-refractivity contribution in [3.8, 4) is 0 Å². The van der Waals surface area contributed by atoms with Gasteiger partial charge in [-0.1, -0.05) is 13.3 Å². The molecular weight excluding hydrogens is 236 g/mol. The molecule has 3 unspecified atom stereocenters. The predicted molar refractivity (Wildman–Crippen MR) is 80.3 cm³/mol. The third kappa shape index (κ3) is 4.73. The first-order valence-electron chi connectivity index (χ1n) is 8.32. The molecule has 0 aromatic carbocycles. The Morgan fingerprint density at radius 3 is 2.58 bits per heavy atom. The molecule has 0 amide bonds. The molecule has 3 atom stereocenters. The monoisotopic (exact) mass is 268 g/mol. The number of nitrogens with zero attached hydrogens (tertiary/aromatic N) is 1. The molecule has 2 fully saturated rings. The number of piperidine rings is 1. The van der Waals surface area contributed by atoms with E-state index in [4.69, 9.17) is 0 Å². The van der Waals surface area contributed by atoms with E-state index in [9.17, 15) is 5.11 Å². The second-order valence-electron chi connectivity index (χ2n) is 6.66. The minimum Gasteiger partial charge on any atom is -0.393 e. The molecule has 1 heterocycles. The molecular formula is C16H32N2O. The van der Waals surface area contributed by atoms with E-state index in [0.29, 0.717) is 12.0 Å². The number of aliphatic hydroxyl groups is 1. The summed E-state index contributed by atoms with van der Waals surface area (Å²) < 4.78 is 0. The number of likely N-dealkylation sites (tertiary alicyclic amines) is 1. The number of hydrogen-bond donors (Lipinski definition) is 2. The van der Waals surface area contributed by atoms with Gasteiger partial charge in [0.15, 0.2) is 0 Å². The van der Waals surface area contributed by atoms with Crippen molar-refractivity contribution in [3.63, 3.8) is 0 Å². The fourth-order valence-corrected chi connectivity index (χ4v) is 3.74. The van der Waals surface area contributed by atoms with Crippen molar-refractivity contribution in [2.24, 2.45) is 11.8 Å². The van der Waals surface area contributed by atoms with Gasteiger partial charge in [0, 0.05) is 6.04 Å². The van der Waals surface area contributed by atoms with Crippen LogP contribution in [0.3, 0.4) is 0 Å². The summed E-state index contributed by atoms with van der Waals surface area (Å²) in [4.78, 5) is 2.56. The van der Waals surface area contributed by atoms with Crippen molar-refractivity contribution in [3.05, 3.63) is 0 Å². The van der Waals surface area contributed by atoms with E-state index in [2.05, 4.69) is 24.1 Å². The van der Waals surface area contributed by atoms with Gasteiger partial charge in [0.2, 0.25) is 0 Å². The van der Waals surface area contributed by atoms with Gasteiger partial charge in [0.25, 0.3) is 0 Å². The average molecular weight is 268 g/mol. The highest BCUT2D eigenvalue weighted by Crippen LogP contribution is 2.25. The average Bonchev–Trinajstić information content (AvgIpc) is 2.45. The molecule has 1 aliphatic carbocycles. The van der Waals surface area contributed by atoms with Crippen molar-refractivity contribution < 1.29 is 5.11 Å². The minimum absolute atomic E-state index is 0.0383. The van der Waals surface area contributed by atoms with Crippen molar-refractivity contribution >= 4 is 0 Å². The van der Waals surface area contributed by atoms with Gasteiger partial charge in [-0.05, 0) is 77.0 Å². The molecule has 1 saturated carbocycles. The van der Waals surface area contributed by atoms with E-state index in [0.717, 1.165) is 25.3 Å². The highest BCUT2D eigenvalue weighted by Gasteiger charge is 2.25. The second-order valence-corrected chi connectivity index (χ2v) is 6.66. The van der Waals surface area contributed by atoms with Gasteiger partial charge in [-0.3, -0.25) is 0 Å². The largest absolute Gasteiger partial charge is 0.393 e. The summed E-state index contributed by atoms with van der Waals surface area (Å²) in [5.74, 6) is 1.54. The van der Waals surface area contributed by atoms with Crippen molar-refractivity contribution in [2.75, 3.05) is 26.2 Å². The summed E-state index contributed by atoms with van der Waals surface area (Å²) in [6.45, 7) is 9.47. The van der Waals surface area contributed by atoms with Crippen LogP contribution in [0.2, 0.25) is 0 Å². The molecule has 1 saturated heterocycles. The molecule has 1 aliphatic heterocycles. The molecule has 0 radical (unpaired) electrons. The van der Waals surface area contributed by atoms with Gasteiger partial charge in [0.1, 0.15) is 0 Å². The highest BCUT2D eigenvalue weighted by atomic mass is 16.3. The normalized spacial score (nSPS) is 32.4. The van der Waals surface area contributed by atoms with Crippen molar-refractivity contribution in [1.29, 1.82) is 0 Å². The van der Waals surface area contributed by atoms with Gasteiger partial charge in [-0.25, -0.2) is 0 Å². The first-order chi connectivity index (χ1) is 9.19. The molecule has 19 heavy (non-hydrogen) atoms. The Bertz CT molecular complexity index is 251. The zero-order chi connectivity index (χ0) is 13.7. The zero-order valence-electron chi connectivity index (χ0n) is 12.8. The summed E-state index contributed by atoms with van der Waals surface area (Å²) in [7, 11) is 0. The molecule has 0 bridgehead atoms. The molecule has 112 valence electrons. The Labute approximate surface area is 118 Å². The Balaban J connectivity index is 1.65. The molecule has 0 aromatic heterocycles. The van der Waals surface area contributed by atoms with Crippen molar-refractivity contribution in [1.82, 2.24) is 10.2 Å². The van der Waals surface area contributed by atoms with Crippen LogP contribution in [0.1, 0.15) is 52.4 Å². The maximum Gasteiger partial charge on any atom is 0.0543 e. The van der Waals surface area contributed by atoms with Gasteiger partial charge in [0.05, 0.1) is 6.10 Å². The smallest absolute Gasteiger partial charge is 0.0543 e. The summed E-state index contributed by atoms with van der Waals surface area (Å²) in [6, 6.07) is 0.637. The van der Waals surface area contributed by atoms with E-state index in [1.54, 1.807) is 0 Å². The lowest BCUT2D eigenvalue weighted by Crippen LogP contribution is -2.43. The van der Waals surface area contributed by atoms with Gasteiger partial charge in [-0.15, -0.1) is 0 Å². The van der Waals surface area contributed by atoms with Gasteiger partial charge in [-0.2, -0.15) is 0 Å². The van der Waals surface area contributed by atoms with Crippen LogP contribution in [-0.2, 0) is 0 Å². The van der Waals surface area contributed by atoms with Crippen LogP contribution < -0.4 is 5.32 Å². The van der Waals surface area contributed by atoms with E-state index < -0.39 is 0 Å². The van der Waals surface area contributed by atoms with E-state index >= 15 is 0 Å². The number of rotatable bonds is 5. The third-order valence-corrected chi connectivity index (χ3v) is 5.27. The third-order valence-electron chi connectivity index (χ3n) is 5.27. The molecule has 3 heteroatoms. The molecule has 0 aromatic rings. The molecule has 0 spiro atoms. The molecule has 2 aliphatic rings. The van der Waals surface area contributed by atoms with Crippen LogP contribution in [0.15, 0.2) is 0 Å². The summed E-state index contributed by atoms with van der Waals surface area (Å²) in [5.41, 5.74) is 0. The van der Waals surface area contributed by atoms with Crippen LogP contribution in [-0.4, -0.2) is 48.3 Å². The van der Waals surface area contributed by atoms with E-state index in [1.807, 2.05) is 0 Å². The summed E-state index contributed by atoms with van der Waals surface area (Å²) in [5, 5.41) is 13.5. The number of nitrogens with one attached hydrogen (secondary N) is 1. The van der Waals surface area contributed by atoms with Crippen LogP contribution in [0.5, 0.6) is 0 Å². The number of hydrogen-bond acceptors (Lipinski definition) is 3. The van der Waals surface area contributed by atoms with Crippen LogP contribution >= 0.6 is 0 Å². The van der Waals surface area contributed by atoms with Crippen LogP contribution in [0.25, 0.3) is 0 Å². The Hall–Kier alpha value is -0.120. The topological polar surface area (TPSA) is 35.5 Å². The molecule has 2 rings (SSSR count). The van der Waals surface area contributed by atoms with Gasteiger partial charge < -0.3 is 15.3 Å². The Morgan fingerprint density at radius 1 is 1.21 bits per heavy atom. The van der Waals surface area contributed by atoms with E-state index in [1.165, 1.54) is 45.3 Å².